The number of hydrogen-bond acceptors (Lipinski definition) is 9. The van der Waals surface area contributed by atoms with E-state index in [4.69, 9.17) is 18.9 Å². The highest BCUT2D eigenvalue weighted by molar-refractivity contribution is 6.08. The van der Waals surface area contributed by atoms with Crippen LogP contribution < -0.4 is 24.8 Å². The molecule has 0 aliphatic carbocycles. The number of amides is 2. The van der Waals surface area contributed by atoms with E-state index in [1.165, 1.54) is 31.4 Å². The molecule has 0 radical (unpaired) electrons. The van der Waals surface area contributed by atoms with Gasteiger partial charge in [0.1, 0.15) is 18.1 Å². The van der Waals surface area contributed by atoms with Crippen LogP contribution in [0.2, 0.25) is 0 Å². The first-order valence-corrected chi connectivity index (χ1v) is 16.0. The molecule has 5 rings (SSSR count). The molecule has 12 nitrogen and oxygen atoms in total. The Morgan fingerprint density at radius 3 is 2.24 bits per heavy atom. The summed E-state index contributed by atoms with van der Waals surface area (Å²) in [6, 6.07) is 22.4. The van der Waals surface area contributed by atoms with Crippen molar-refractivity contribution < 1.29 is 38.3 Å². The van der Waals surface area contributed by atoms with E-state index < -0.39 is 22.7 Å². The van der Waals surface area contributed by atoms with Crippen molar-refractivity contribution in [2.24, 2.45) is 0 Å². The molecule has 0 atom stereocenters. The van der Waals surface area contributed by atoms with E-state index in [-0.39, 0.29) is 34.9 Å². The third-order valence-electron chi connectivity index (χ3n) is 7.85. The summed E-state index contributed by atoms with van der Waals surface area (Å²) in [6.07, 6.45) is 5.49. The number of hydrogen-bond donors (Lipinski definition) is 2. The zero-order chi connectivity index (χ0) is 34.6. The van der Waals surface area contributed by atoms with Crippen molar-refractivity contribution in [3.63, 3.8) is 0 Å². The van der Waals surface area contributed by atoms with E-state index in [0.29, 0.717) is 35.9 Å². The van der Waals surface area contributed by atoms with E-state index in [1.54, 1.807) is 30.3 Å². The maximum absolute atomic E-state index is 13.4. The Bertz CT molecular complexity index is 1810. The van der Waals surface area contributed by atoms with Crippen LogP contribution in [-0.2, 0) is 11.3 Å². The number of anilines is 2. The molecule has 0 saturated heterocycles. The number of ether oxygens (including phenoxy) is 4. The highest BCUT2D eigenvalue weighted by atomic mass is 16.6. The minimum atomic E-state index is -0.565. The molecule has 4 aromatic carbocycles. The third kappa shape index (κ3) is 9.34. The Morgan fingerprint density at radius 2 is 1.53 bits per heavy atom. The second-order valence-corrected chi connectivity index (χ2v) is 11.4. The van der Waals surface area contributed by atoms with Crippen LogP contribution >= 0.6 is 0 Å². The molecule has 49 heavy (non-hydrogen) atoms. The maximum Gasteiger partial charge on any atom is 0.337 e. The van der Waals surface area contributed by atoms with Gasteiger partial charge in [-0.2, -0.15) is 0 Å². The average Bonchev–Trinajstić information content (AvgIpc) is 3.12. The zero-order valence-electron chi connectivity index (χ0n) is 27.1. The summed E-state index contributed by atoms with van der Waals surface area (Å²) in [6.45, 7) is 0.868. The molecule has 0 saturated carbocycles. The lowest BCUT2D eigenvalue weighted by Crippen LogP contribution is -2.16. The van der Waals surface area contributed by atoms with E-state index in [0.717, 1.165) is 44.1 Å². The van der Waals surface area contributed by atoms with Crippen LogP contribution in [0.4, 0.5) is 17.1 Å². The molecule has 0 aromatic heterocycles. The topological polar surface area (TPSA) is 155 Å². The van der Waals surface area contributed by atoms with Crippen molar-refractivity contribution in [1.29, 1.82) is 0 Å². The lowest BCUT2D eigenvalue weighted by molar-refractivity contribution is -0.385. The van der Waals surface area contributed by atoms with Gasteiger partial charge in [0.2, 0.25) is 0 Å². The van der Waals surface area contributed by atoms with Crippen molar-refractivity contribution in [1.82, 2.24) is 0 Å². The zero-order valence-corrected chi connectivity index (χ0v) is 27.1. The van der Waals surface area contributed by atoms with Crippen LogP contribution in [0.15, 0.2) is 84.9 Å². The standard InChI is InChI=1S/C37H37N3O9/c1-46-37(43)28-14-17-30-33(23-28)48-20-10-5-3-2-4-9-19-47-32-21-26(35(41)39-30)13-16-29(32)38-36(42)27-15-18-31(40(44)45)34(22-27)49-24-25-11-7-6-8-12-25/h6-8,11-18,21-23H,2-5,9-10,19-20,24H2,1H3,(H,38,42)(H,39,41). The molecule has 1 aliphatic rings. The number of nitrogens with zero attached hydrogens (tertiary/aromatic N) is 1. The number of fused-ring (bicyclic) bond motifs is 3. The van der Waals surface area contributed by atoms with E-state index in [1.807, 2.05) is 30.3 Å². The Morgan fingerprint density at radius 1 is 0.837 bits per heavy atom. The van der Waals surface area contributed by atoms with E-state index >= 15 is 0 Å². The largest absolute Gasteiger partial charge is 0.491 e. The lowest BCUT2D eigenvalue weighted by Gasteiger charge is -2.16. The summed E-state index contributed by atoms with van der Waals surface area (Å²) < 4.78 is 22.7. The average molecular weight is 668 g/mol. The molecule has 0 fully saturated rings. The van der Waals surface area contributed by atoms with Crippen LogP contribution in [0.1, 0.15) is 75.2 Å². The molecule has 1 heterocycles. The van der Waals surface area contributed by atoms with Gasteiger partial charge < -0.3 is 29.6 Å². The number of carbonyl (C=O) groups excluding carboxylic acids is 3. The number of methoxy groups -OCH3 is 1. The number of benzene rings is 4. The van der Waals surface area contributed by atoms with Crippen molar-refractivity contribution in [3.05, 3.63) is 117 Å². The Kier molecular flexibility index (Phi) is 11.8. The molecular formula is C37H37N3O9. The molecule has 254 valence electrons. The maximum atomic E-state index is 13.4. The number of esters is 1. The monoisotopic (exact) mass is 667 g/mol. The van der Waals surface area contributed by atoms with Gasteiger partial charge in [-0.15, -0.1) is 0 Å². The molecular weight excluding hydrogens is 630 g/mol. The number of rotatable bonds is 7. The highest BCUT2D eigenvalue weighted by Gasteiger charge is 2.21. The Balaban J connectivity index is 1.39. The van der Waals surface area contributed by atoms with Crippen LogP contribution in [0.5, 0.6) is 17.2 Å². The molecule has 2 amide bonds. The van der Waals surface area contributed by atoms with Gasteiger partial charge in [-0.25, -0.2) is 4.79 Å². The van der Waals surface area contributed by atoms with Crippen LogP contribution in [0, 0.1) is 10.1 Å². The lowest BCUT2D eigenvalue weighted by atomic mass is 10.1. The molecule has 0 unspecified atom stereocenters. The van der Waals surface area contributed by atoms with E-state index in [2.05, 4.69) is 10.6 Å². The fraction of sp³-hybridized carbons (Fsp3) is 0.270. The second-order valence-electron chi connectivity index (χ2n) is 11.4. The quantitative estimate of drug-likeness (QED) is 0.115. The Hall–Kier alpha value is -5.91. The first-order valence-electron chi connectivity index (χ1n) is 16.0. The van der Waals surface area contributed by atoms with Gasteiger partial charge in [-0.3, -0.25) is 19.7 Å². The molecule has 4 aromatic rings. The van der Waals surface area contributed by atoms with Gasteiger partial charge in [0.05, 0.1) is 42.2 Å². The number of nitro groups is 1. The normalized spacial score (nSPS) is 13.7. The Labute approximate surface area is 283 Å². The smallest absolute Gasteiger partial charge is 0.337 e. The molecule has 2 bridgehead atoms. The molecule has 2 N–H and O–H groups in total. The summed E-state index contributed by atoms with van der Waals surface area (Å²) in [7, 11) is 1.29. The van der Waals surface area contributed by atoms with Crippen molar-refractivity contribution in [2.45, 2.75) is 45.1 Å². The fourth-order valence-electron chi connectivity index (χ4n) is 5.20. The van der Waals surface area contributed by atoms with Gasteiger partial charge in [0.25, 0.3) is 11.8 Å². The second kappa shape index (κ2) is 16.8. The van der Waals surface area contributed by atoms with Crippen molar-refractivity contribution in [3.8, 4) is 17.2 Å². The summed E-state index contributed by atoms with van der Waals surface area (Å²) in [4.78, 5) is 50.1. The first-order chi connectivity index (χ1) is 23.8. The first kappa shape index (κ1) is 34.4. The molecule has 12 heteroatoms. The van der Waals surface area contributed by atoms with Gasteiger partial charge in [0, 0.05) is 23.3 Å². The van der Waals surface area contributed by atoms with Gasteiger partial charge in [-0.05, 0) is 60.9 Å². The molecule has 0 spiro atoms. The van der Waals surface area contributed by atoms with Gasteiger partial charge in [0.15, 0.2) is 5.75 Å². The highest BCUT2D eigenvalue weighted by Crippen LogP contribution is 2.32. The minimum Gasteiger partial charge on any atom is -0.491 e. The van der Waals surface area contributed by atoms with Gasteiger partial charge >= 0.3 is 11.7 Å². The van der Waals surface area contributed by atoms with Crippen molar-refractivity contribution in [2.75, 3.05) is 31.0 Å². The third-order valence-corrected chi connectivity index (χ3v) is 7.85. The van der Waals surface area contributed by atoms with Crippen LogP contribution in [-0.4, -0.2) is 43.0 Å². The fourth-order valence-corrected chi connectivity index (χ4v) is 5.20. The predicted molar refractivity (Wildman–Crippen MR) is 183 cm³/mol. The SMILES string of the molecule is COC(=O)c1ccc2c(c1)OCCCCCCCCOc1cc(ccc1NC(=O)c1ccc([N+](=O)[O-])c(OCc3ccccc3)c1)C(=O)N2. The number of nitrogens with one attached hydrogen (secondary N) is 2. The molecule has 1 aliphatic heterocycles. The minimum absolute atomic E-state index is 0.0445. The number of nitro benzene ring substituents is 1. The van der Waals surface area contributed by atoms with Gasteiger partial charge in [-0.1, -0.05) is 56.0 Å². The number of carbonyl (C=O) groups is 3. The summed E-state index contributed by atoms with van der Waals surface area (Å²) in [5, 5.41) is 17.3. The summed E-state index contributed by atoms with van der Waals surface area (Å²) in [5.74, 6) is -0.950. The van der Waals surface area contributed by atoms with Crippen molar-refractivity contribution >= 4 is 34.8 Å². The summed E-state index contributed by atoms with van der Waals surface area (Å²) >= 11 is 0. The summed E-state index contributed by atoms with van der Waals surface area (Å²) in [5.41, 5.74) is 1.92. The predicted octanol–water partition coefficient (Wildman–Crippen LogP) is 7.58. The van der Waals surface area contributed by atoms with Crippen LogP contribution in [0.25, 0.3) is 0 Å². The van der Waals surface area contributed by atoms with E-state index in [9.17, 15) is 24.5 Å². The van der Waals surface area contributed by atoms with Crippen LogP contribution in [0.3, 0.4) is 0 Å².